The summed E-state index contributed by atoms with van der Waals surface area (Å²) in [5.41, 5.74) is 1.12. The molecule has 0 spiro atoms. The third-order valence-corrected chi connectivity index (χ3v) is 3.96. The standard InChI is InChI=1S/C12H15N3S/c1-9-8-15(7-6-13-9)12-10-4-2-3-5-11(10)14-16-12/h2-5,9,13H,6-8H2,1H3/t9-/m0/s1. The van der Waals surface area contributed by atoms with Gasteiger partial charge >= 0.3 is 0 Å². The van der Waals surface area contributed by atoms with Gasteiger partial charge in [-0.05, 0) is 30.6 Å². The number of aromatic nitrogens is 1. The molecule has 1 aliphatic heterocycles. The van der Waals surface area contributed by atoms with E-state index in [0.717, 1.165) is 25.2 Å². The van der Waals surface area contributed by atoms with Gasteiger partial charge in [0, 0.05) is 31.1 Å². The zero-order valence-corrected chi connectivity index (χ0v) is 10.1. The van der Waals surface area contributed by atoms with Gasteiger partial charge in [0.15, 0.2) is 0 Å². The van der Waals surface area contributed by atoms with Crippen molar-refractivity contribution in [2.75, 3.05) is 24.5 Å². The number of hydrogen-bond donors (Lipinski definition) is 1. The summed E-state index contributed by atoms with van der Waals surface area (Å²) in [4.78, 5) is 2.45. The molecule has 2 aromatic rings. The Hall–Kier alpha value is -1.13. The van der Waals surface area contributed by atoms with E-state index in [2.05, 4.69) is 39.7 Å². The number of anilines is 1. The van der Waals surface area contributed by atoms with Gasteiger partial charge in [-0.15, -0.1) is 0 Å². The Morgan fingerprint density at radius 3 is 3.19 bits per heavy atom. The van der Waals surface area contributed by atoms with Crippen LogP contribution in [0.1, 0.15) is 6.92 Å². The van der Waals surface area contributed by atoms with Crippen molar-refractivity contribution in [1.29, 1.82) is 0 Å². The summed E-state index contributed by atoms with van der Waals surface area (Å²) in [6.45, 7) is 5.45. The van der Waals surface area contributed by atoms with Crippen molar-refractivity contribution in [3.63, 3.8) is 0 Å². The van der Waals surface area contributed by atoms with Crippen LogP contribution in [0.5, 0.6) is 0 Å². The van der Waals surface area contributed by atoms with Gasteiger partial charge in [-0.2, -0.15) is 4.37 Å². The zero-order chi connectivity index (χ0) is 11.0. The highest BCUT2D eigenvalue weighted by molar-refractivity contribution is 7.11. The maximum atomic E-state index is 4.50. The molecule has 1 aliphatic rings. The molecule has 0 aliphatic carbocycles. The normalized spacial score (nSPS) is 21.6. The van der Waals surface area contributed by atoms with Crippen LogP contribution in [-0.4, -0.2) is 30.0 Å². The molecule has 4 heteroatoms. The van der Waals surface area contributed by atoms with Crippen molar-refractivity contribution in [3.05, 3.63) is 24.3 Å². The summed E-state index contributed by atoms with van der Waals surface area (Å²) in [5.74, 6) is 0. The fraction of sp³-hybridized carbons (Fsp3) is 0.417. The molecule has 1 fully saturated rings. The number of hydrogen-bond acceptors (Lipinski definition) is 4. The molecule has 0 bridgehead atoms. The Bertz CT molecular complexity index is 494. The van der Waals surface area contributed by atoms with Crippen LogP contribution >= 0.6 is 11.5 Å². The molecule has 1 aromatic carbocycles. The molecule has 0 unspecified atom stereocenters. The third kappa shape index (κ3) is 1.68. The number of benzene rings is 1. The lowest BCUT2D eigenvalue weighted by Gasteiger charge is -2.32. The Kier molecular flexibility index (Phi) is 2.53. The minimum Gasteiger partial charge on any atom is -0.359 e. The first kappa shape index (κ1) is 10.1. The summed E-state index contributed by atoms with van der Waals surface area (Å²) in [5, 5.41) is 6.08. The molecule has 0 amide bonds. The van der Waals surface area contributed by atoms with E-state index in [1.165, 1.54) is 10.4 Å². The van der Waals surface area contributed by atoms with Crippen LogP contribution in [0.15, 0.2) is 24.3 Å². The third-order valence-electron chi connectivity index (χ3n) is 3.02. The average molecular weight is 233 g/mol. The maximum absolute atomic E-state index is 4.50. The highest BCUT2D eigenvalue weighted by Crippen LogP contribution is 2.31. The van der Waals surface area contributed by atoms with Crippen LogP contribution in [0.4, 0.5) is 5.00 Å². The fourth-order valence-corrected chi connectivity index (χ4v) is 3.12. The number of piperazine rings is 1. The molecule has 3 rings (SSSR count). The summed E-state index contributed by atoms with van der Waals surface area (Å²) in [7, 11) is 0. The van der Waals surface area contributed by atoms with Crippen molar-refractivity contribution in [2.24, 2.45) is 0 Å². The largest absolute Gasteiger partial charge is 0.359 e. The molecular formula is C12H15N3S. The minimum atomic E-state index is 0.564. The van der Waals surface area contributed by atoms with Gasteiger partial charge in [0.05, 0.1) is 5.52 Å². The van der Waals surface area contributed by atoms with Gasteiger partial charge < -0.3 is 10.2 Å². The zero-order valence-electron chi connectivity index (χ0n) is 9.31. The van der Waals surface area contributed by atoms with E-state index < -0.39 is 0 Å². The van der Waals surface area contributed by atoms with Crippen LogP contribution in [-0.2, 0) is 0 Å². The number of rotatable bonds is 1. The van der Waals surface area contributed by atoms with Gasteiger partial charge in [-0.1, -0.05) is 12.1 Å². The van der Waals surface area contributed by atoms with Crippen LogP contribution in [0.3, 0.4) is 0 Å². The maximum Gasteiger partial charge on any atom is 0.120 e. The second-order valence-electron chi connectivity index (χ2n) is 4.31. The SMILES string of the molecule is C[C@H]1CN(c2snc3ccccc23)CCN1. The van der Waals surface area contributed by atoms with E-state index in [9.17, 15) is 0 Å². The van der Waals surface area contributed by atoms with Crippen molar-refractivity contribution >= 4 is 27.4 Å². The molecule has 0 saturated carbocycles. The molecule has 1 N–H and O–H groups in total. The Balaban J connectivity index is 1.99. The van der Waals surface area contributed by atoms with E-state index >= 15 is 0 Å². The van der Waals surface area contributed by atoms with E-state index in [1.54, 1.807) is 11.5 Å². The highest BCUT2D eigenvalue weighted by Gasteiger charge is 2.19. The van der Waals surface area contributed by atoms with Gasteiger partial charge in [-0.25, -0.2) is 0 Å². The van der Waals surface area contributed by atoms with E-state index in [4.69, 9.17) is 0 Å². The first-order chi connectivity index (χ1) is 7.84. The Labute approximate surface area is 99.2 Å². The summed E-state index contributed by atoms with van der Waals surface area (Å²) >= 11 is 1.62. The monoisotopic (exact) mass is 233 g/mol. The second kappa shape index (κ2) is 4.03. The van der Waals surface area contributed by atoms with Crippen molar-refractivity contribution in [3.8, 4) is 0 Å². The van der Waals surface area contributed by atoms with Crippen LogP contribution in [0.25, 0.3) is 10.9 Å². The number of nitrogens with one attached hydrogen (secondary N) is 1. The minimum absolute atomic E-state index is 0.564. The quantitative estimate of drug-likeness (QED) is 0.817. The average Bonchev–Trinajstić information content (AvgIpc) is 2.72. The fourth-order valence-electron chi connectivity index (χ4n) is 2.22. The van der Waals surface area contributed by atoms with Gasteiger partial charge in [0.2, 0.25) is 0 Å². The molecule has 16 heavy (non-hydrogen) atoms. The first-order valence-corrected chi connectivity index (χ1v) is 6.44. The molecule has 2 heterocycles. The summed E-state index contributed by atoms with van der Waals surface area (Å²) in [6, 6.07) is 8.95. The molecule has 1 saturated heterocycles. The lowest BCUT2D eigenvalue weighted by atomic mass is 10.2. The van der Waals surface area contributed by atoms with Gasteiger partial charge in [0.25, 0.3) is 0 Å². The molecule has 84 valence electrons. The predicted molar refractivity (Wildman–Crippen MR) is 69.3 cm³/mol. The van der Waals surface area contributed by atoms with Crippen molar-refractivity contribution in [2.45, 2.75) is 13.0 Å². The van der Waals surface area contributed by atoms with Crippen LogP contribution in [0, 0.1) is 0 Å². The second-order valence-corrected chi connectivity index (χ2v) is 5.06. The van der Waals surface area contributed by atoms with E-state index in [-0.39, 0.29) is 0 Å². The first-order valence-electron chi connectivity index (χ1n) is 5.67. The molecule has 3 nitrogen and oxygen atoms in total. The van der Waals surface area contributed by atoms with Crippen molar-refractivity contribution in [1.82, 2.24) is 9.69 Å². The van der Waals surface area contributed by atoms with Crippen LogP contribution < -0.4 is 10.2 Å². The lowest BCUT2D eigenvalue weighted by molar-refractivity contribution is 0.487. The lowest BCUT2D eigenvalue weighted by Crippen LogP contribution is -2.49. The number of fused-ring (bicyclic) bond motifs is 1. The van der Waals surface area contributed by atoms with Crippen LogP contribution in [0.2, 0.25) is 0 Å². The smallest absolute Gasteiger partial charge is 0.120 e. The molecule has 0 radical (unpaired) electrons. The van der Waals surface area contributed by atoms with E-state index in [1.807, 2.05) is 6.07 Å². The van der Waals surface area contributed by atoms with Gasteiger partial charge in [-0.3, -0.25) is 0 Å². The topological polar surface area (TPSA) is 28.2 Å². The molecular weight excluding hydrogens is 218 g/mol. The highest BCUT2D eigenvalue weighted by atomic mass is 32.1. The molecule has 1 atom stereocenters. The van der Waals surface area contributed by atoms with Crippen molar-refractivity contribution < 1.29 is 0 Å². The Morgan fingerprint density at radius 2 is 2.31 bits per heavy atom. The summed E-state index contributed by atoms with van der Waals surface area (Å²) in [6.07, 6.45) is 0. The van der Waals surface area contributed by atoms with E-state index in [0.29, 0.717) is 6.04 Å². The predicted octanol–water partition coefficient (Wildman–Crippen LogP) is 2.09. The van der Waals surface area contributed by atoms with Gasteiger partial charge in [0.1, 0.15) is 5.00 Å². The molecule has 1 aromatic heterocycles. The summed E-state index contributed by atoms with van der Waals surface area (Å²) < 4.78 is 4.50. The number of nitrogens with zero attached hydrogens (tertiary/aromatic N) is 2. The Morgan fingerprint density at radius 1 is 1.44 bits per heavy atom.